The molecular weight excluding hydrogens is 346 g/mol. The minimum absolute atomic E-state index is 0.112. The Hall–Kier alpha value is -3.22. The van der Waals surface area contributed by atoms with Crippen LogP contribution in [0.4, 0.5) is 5.69 Å². The number of hydrogen-bond donors (Lipinski definition) is 1. The van der Waals surface area contributed by atoms with Gasteiger partial charge in [0.05, 0.1) is 16.6 Å². The fraction of sp³-hybridized carbons (Fsp3) is 0.300. The quantitative estimate of drug-likeness (QED) is 0.767. The Morgan fingerprint density at radius 1 is 1.26 bits per heavy atom. The second-order valence-corrected chi connectivity index (χ2v) is 7.18. The van der Waals surface area contributed by atoms with Gasteiger partial charge in [0.25, 0.3) is 11.6 Å². The molecule has 1 aromatic carbocycles. The summed E-state index contributed by atoms with van der Waals surface area (Å²) in [6.07, 6.45) is 2.10. The number of aryl methyl sites for hydroxylation is 1. The Morgan fingerprint density at radius 2 is 2.04 bits per heavy atom. The summed E-state index contributed by atoms with van der Waals surface area (Å²) in [5, 5.41) is 14.1. The molecule has 136 valence electrons. The predicted molar refractivity (Wildman–Crippen MR) is 97.0 cm³/mol. The first kappa shape index (κ1) is 16.0. The van der Waals surface area contributed by atoms with Gasteiger partial charge in [-0.1, -0.05) is 23.4 Å². The lowest BCUT2D eigenvalue weighted by atomic mass is 10.0. The molecule has 27 heavy (non-hydrogen) atoms. The highest BCUT2D eigenvalue weighted by Gasteiger charge is 2.38. The van der Waals surface area contributed by atoms with Crippen LogP contribution in [-0.4, -0.2) is 33.7 Å². The van der Waals surface area contributed by atoms with Crippen LogP contribution in [0.5, 0.6) is 0 Å². The van der Waals surface area contributed by atoms with Gasteiger partial charge >= 0.3 is 5.97 Å². The van der Waals surface area contributed by atoms with E-state index in [1.165, 1.54) is 0 Å². The maximum absolute atomic E-state index is 13.5. The molecule has 2 aliphatic rings. The number of pyridine rings is 1. The van der Waals surface area contributed by atoms with Gasteiger partial charge in [0.2, 0.25) is 0 Å². The number of amides is 1. The number of carbonyl (C=O) groups is 2. The van der Waals surface area contributed by atoms with Crippen LogP contribution in [0.2, 0.25) is 0 Å². The molecule has 1 aliphatic heterocycles. The molecule has 2 aromatic heterocycles. The lowest BCUT2D eigenvalue weighted by Crippen LogP contribution is -2.31. The van der Waals surface area contributed by atoms with Crippen LogP contribution in [-0.2, 0) is 4.79 Å². The Bertz CT molecular complexity index is 1100. The Labute approximate surface area is 154 Å². The third-order valence-electron chi connectivity index (χ3n) is 5.37. The highest BCUT2D eigenvalue weighted by molar-refractivity contribution is 6.15. The molecule has 0 bridgehead atoms. The topological polar surface area (TPSA) is 96.5 Å². The normalized spacial score (nSPS) is 18.7. The average molecular weight is 363 g/mol. The van der Waals surface area contributed by atoms with Gasteiger partial charge in [-0.05, 0) is 37.5 Å². The van der Waals surface area contributed by atoms with Gasteiger partial charge < -0.3 is 14.5 Å². The van der Waals surface area contributed by atoms with Crippen molar-refractivity contribution in [3.05, 3.63) is 52.8 Å². The molecule has 1 saturated carbocycles. The van der Waals surface area contributed by atoms with E-state index >= 15 is 0 Å². The Morgan fingerprint density at radius 3 is 2.78 bits per heavy atom. The molecule has 1 amide bonds. The van der Waals surface area contributed by atoms with E-state index in [2.05, 4.69) is 10.1 Å². The average Bonchev–Trinajstić information content (AvgIpc) is 3.35. The SMILES string of the molecule is Cc1noc2nc(C3CC3)cc(C(=O)N3CC(C(=O)O)c4ccccc43)c12. The van der Waals surface area contributed by atoms with Crippen molar-refractivity contribution in [3.63, 3.8) is 0 Å². The molecule has 0 radical (unpaired) electrons. The first-order valence-electron chi connectivity index (χ1n) is 8.95. The lowest BCUT2D eigenvalue weighted by Gasteiger charge is -2.18. The minimum Gasteiger partial charge on any atom is -0.481 e. The van der Waals surface area contributed by atoms with Crippen molar-refractivity contribution in [1.82, 2.24) is 10.1 Å². The summed E-state index contributed by atoms with van der Waals surface area (Å²) in [6, 6.07) is 8.98. The van der Waals surface area contributed by atoms with Gasteiger partial charge in [-0.25, -0.2) is 4.98 Å². The van der Waals surface area contributed by atoms with Crippen molar-refractivity contribution in [2.24, 2.45) is 0 Å². The van der Waals surface area contributed by atoms with Gasteiger partial charge in [0, 0.05) is 23.8 Å². The number of benzene rings is 1. The van der Waals surface area contributed by atoms with E-state index in [4.69, 9.17) is 4.52 Å². The number of nitrogens with zero attached hydrogens (tertiary/aromatic N) is 3. The van der Waals surface area contributed by atoms with Crippen LogP contribution >= 0.6 is 0 Å². The zero-order valence-electron chi connectivity index (χ0n) is 14.7. The Kier molecular flexibility index (Phi) is 3.34. The first-order chi connectivity index (χ1) is 13.0. The number of para-hydroxylation sites is 1. The number of carbonyl (C=O) groups excluding carboxylic acids is 1. The summed E-state index contributed by atoms with van der Waals surface area (Å²) in [5.41, 5.74) is 3.58. The molecule has 0 spiro atoms. The van der Waals surface area contributed by atoms with Crippen LogP contribution in [0.15, 0.2) is 34.9 Å². The fourth-order valence-electron chi connectivity index (χ4n) is 3.83. The van der Waals surface area contributed by atoms with Crippen molar-refractivity contribution in [1.29, 1.82) is 0 Å². The first-order valence-corrected chi connectivity index (χ1v) is 8.95. The van der Waals surface area contributed by atoms with E-state index in [0.717, 1.165) is 18.5 Å². The maximum atomic E-state index is 13.5. The van der Waals surface area contributed by atoms with Gasteiger partial charge in [-0.3, -0.25) is 9.59 Å². The van der Waals surface area contributed by atoms with E-state index in [0.29, 0.717) is 39.5 Å². The van der Waals surface area contributed by atoms with Gasteiger partial charge in [-0.2, -0.15) is 0 Å². The fourth-order valence-corrected chi connectivity index (χ4v) is 3.83. The summed E-state index contributed by atoms with van der Waals surface area (Å²) in [4.78, 5) is 31.2. The highest BCUT2D eigenvalue weighted by atomic mass is 16.5. The smallest absolute Gasteiger partial charge is 0.312 e. The standard InChI is InChI=1S/C20H17N3O4/c1-10-17-13(8-15(11-6-7-11)21-18(17)27-22-10)19(24)23-9-14(20(25)26)12-4-2-3-5-16(12)23/h2-5,8,11,14H,6-7,9H2,1H3,(H,25,26). The third kappa shape index (κ3) is 2.42. The summed E-state index contributed by atoms with van der Waals surface area (Å²) in [7, 11) is 0. The molecule has 1 aliphatic carbocycles. The van der Waals surface area contributed by atoms with Crippen LogP contribution in [0, 0.1) is 6.92 Å². The number of aromatic nitrogens is 2. The van der Waals surface area contributed by atoms with E-state index in [-0.39, 0.29) is 12.5 Å². The number of aliphatic carboxylic acids is 1. The predicted octanol–water partition coefficient (Wildman–Crippen LogP) is 3.24. The zero-order valence-corrected chi connectivity index (χ0v) is 14.7. The van der Waals surface area contributed by atoms with Crippen LogP contribution in [0.1, 0.15) is 52.0 Å². The molecule has 1 atom stereocenters. The van der Waals surface area contributed by atoms with E-state index in [1.807, 2.05) is 12.1 Å². The van der Waals surface area contributed by atoms with Crippen molar-refractivity contribution in [2.45, 2.75) is 31.6 Å². The third-order valence-corrected chi connectivity index (χ3v) is 5.37. The molecule has 1 unspecified atom stereocenters. The molecule has 1 fully saturated rings. The highest BCUT2D eigenvalue weighted by Crippen LogP contribution is 2.42. The largest absolute Gasteiger partial charge is 0.481 e. The van der Waals surface area contributed by atoms with Crippen LogP contribution in [0.3, 0.4) is 0 Å². The zero-order chi connectivity index (χ0) is 18.7. The Balaban J connectivity index is 1.64. The number of hydrogen-bond acceptors (Lipinski definition) is 5. The van der Waals surface area contributed by atoms with Crippen molar-refractivity contribution in [2.75, 3.05) is 11.4 Å². The maximum Gasteiger partial charge on any atom is 0.312 e. The number of carboxylic acid groups (broad SMARTS) is 1. The van der Waals surface area contributed by atoms with E-state index in [9.17, 15) is 14.7 Å². The summed E-state index contributed by atoms with van der Waals surface area (Å²) >= 11 is 0. The van der Waals surface area contributed by atoms with E-state index < -0.39 is 11.9 Å². The van der Waals surface area contributed by atoms with Crippen molar-refractivity contribution >= 4 is 28.7 Å². The summed E-state index contributed by atoms with van der Waals surface area (Å²) < 4.78 is 5.32. The number of fused-ring (bicyclic) bond motifs is 2. The monoisotopic (exact) mass is 363 g/mol. The molecule has 3 heterocycles. The molecule has 5 rings (SSSR count). The summed E-state index contributed by atoms with van der Waals surface area (Å²) in [6.45, 7) is 1.89. The second kappa shape index (κ2) is 5.64. The number of anilines is 1. The van der Waals surface area contributed by atoms with Crippen LogP contribution in [0.25, 0.3) is 11.1 Å². The van der Waals surface area contributed by atoms with Gasteiger partial charge in [0.15, 0.2) is 0 Å². The molecule has 3 aromatic rings. The molecule has 0 saturated heterocycles. The van der Waals surface area contributed by atoms with E-state index in [1.54, 1.807) is 30.0 Å². The van der Waals surface area contributed by atoms with Crippen LogP contribution < -0.4 is 4.90 Å². The number of rotatable bonds is 3. The molecule has 7 nitrogen and oxygen atoms in total. The molecule has 1 N–H and O–H groups in total. The lowest BCUT2D eigenvalue weighted by molar-refractivity contribution is -0.138. The molecular formula is C20H17N3O4. The van der Waals surface area contributed by atoms with Gasteiger partial charge in [0.1, 0.15) is 5.92 Å². The second-order valence-electron chi connectivity index (χ2n) is 7.18. The van der Waals surface area contributed by atoms with Gasteiger partial charge in [-0.15, -0.1) is 0 Å². The summed E-state index contributed by atoms with van der Waals surface area (Å²) in [5.74, 6) is -1.55. The van der Waals surface area contributed by atoms with Crippen molar-refractivity contribution < 1.29 is 19.2 Å². The van der Waals surface area contributed by atoms with Crippen molar-refractivity contribution in [3.8, 4) is 0 Å². The minimum atomic E-state index is -0.933. The molecule has 7 heteroatoms. The number of carboxylic acids is 1.